The van der Waals surface area contributed by atoms with Crippen LogP contribution < -0.4 is 0 Å². The molecule has 0 aliphatic heterocycles. The molecular weight excluding hydrogens is 252 g/mol. The highest BCUT2D eigenvalue weighted by molar-refractivity contribution is 5.79. The van der Waals surface area contributed by atoms with Gasteiger partial charge in [-0.25, -0.2) is 4.79 Å². The highest BCUT2D eigenvalue weighted by atomic mass is 16.4. The van der Waals surface area contributed by atoms with E-state index < -0.39 is 11.6 Å². The number of aliphatic carboxylic acids is 1. The van der Waals surface area contributed by atoms with Crippen LogP contribution in [0.15, 0.2) is 24.3 Å². The minimum absolute atomic E-state index is 0.0404. The van der Waals surface area contributed by atoms with Crippen LogP contribution in [-0.2, 0) is 10.2 Å². The SMILES string of the molecule is CCCC(O)(C(=O)O)C1CCC(C)(C)c2ccccc21. The number of rotatable bonds is 4. The predicted octanol–water partition coefficient (Wildman–Crippen LogP) is 3.46. The molecule has 3 heteroatoms. The first kappa shape index (κ1) is 15.0. The Hall–Kier alpha value is -1.35. The lowest BCUT2D eigenvalue weighted by Crippen LogP contribution is -2.47. The van der Waals surface area contributed by atoms with Gasteiger partial charge in [0.05, 0.1) is 0 Å². The zero-order valence-corrected chi connectivity index (χ0v) is 12.5. The first-order valence-electron chi connectivity index (χ1n) is 7.38. The van der Waals surface area contributed by atoms with E-state index in [0.29, 0.717) is 19.3 Å². The molecule has 1 aliphatic carbocycles. The van der Waals surface area contributed by atoms with Crippen LogP contribution in [0.2, 0.25) is 0 Å². The lowest BCUT2D eigenvalue weighted by molar-refractivity contribution is -0.163. The van der Waals surface area contributed by atoms with E-state index in [2.05, 4.69) is 19.9 Å². The van der Waals surface area contributed by atoms with Gasteiger partial charge in [0, 0.05) is 5.92 Å². The zero-order valence-electron chi connectivity index (χ0n) is 12.5. The topological polar surface area (TPSA) is 57.5 Å². The van der Waals surface area contributed by atoms with Gasteiger partial charge in [0.2, 0.25) is 0 Å². The van der Waals surface area contributed by atoms with Crippen molar-refractivity contribution >= 4 is 5.97 Å². The second-order valence-corrected chi connectivity index (χ2v) is 6.54. The van der Waals surface area contributed by atoms with Crippen LogP contribution in [0, 0.1) is 0 Å². The van der Waals surface area contributed by atoms with Gasteiger partial charge in [0.25, 0.3) is 0 Å². The summed E-state index contributed by atoms with van der Waals surface area (Å²) in [4.78, 5) is 11.6. The summed E-state index contributed by atoms with van der Waals surface area (Å²) < 4.78 is 0. The molecule has 2 rings (SSSR count). The minimum Gasteiger partial charge on any atom is -0.479 e. The third kappa shape index (κ3) is 2.35. The molecule has 2 unspecified atom stereocenters. The molecular formula is C17H24O3. The fourth-order valence-corrected chi connectivity index (χ4v) is 3.52. The van der Waals surface area contributed by atoms with Crippen LogP contribution in [0.3, 0.4) is 0 Å². The van der Waals surface area contributed by atoms with Crippen LogP contribution in [0.1, 0.15) is 63.5 Å². The number of carboxylic acids is 1. The summed E-state index contributed by atoms with van der Waals surface area (Å²) in [6.07, 6.45) is 2.56. The van der Waals surface area contributed by atoms with Crippen LogP contribution in [-0.4, -0.2) is 21.8 Å². The van der Waals surface area contributed by atoms with Crippen molar-refractivity contribution in [2.45, 2.75) is 63.4 Å². The van der Waals surface area contributed by atoms with E-state index >= 15 is 0 Å². The number of benzene rings is 1. The predicted molar refractivity (Wildman–Crippen MR) is 78.9 cm³/mol. The second kappa shape index (κ2) is 5.21. The van der Waals surface area contributed by atoms with Crippen molar-refractivity contribution in [2.24, 2.45) is 0 Å². The third-order valence-electron chi connectivity index (χ3n) is 4.70. The van der Waals surface area contributed by atoms with E-state index in [4.69, 9.17) is 0 Å². The Morgan fingerprint density at radius 3 is 2.65 bits per heavy atom. The van der Waals surface area contributed by atoms with Gasteiger partial charge < -0.3 is 10.2 Å². The standard InChI is InChI=1S/C17H24O3/c1-4-10-17(20,15(18)19)14-9-11-16(2,3)13-8-6-5-7-12(13)14/h5-8,14,20H,4,9-11H2,1-3H3,(H,18,19). The van der Waals surface area contributed by atoms with Crippen LogP contribution in [0.5, 0.6) is 0 Å². The molecule has 2 atom stereocenters. The number of hydrogen-bond donors (Lipinski definition) is 2. The smallest absolute Gasteiger partial charge is 0.336 e. The number of carbonyl (C=O) groups is 1. The minimum atomic E-state index is -1.65. The van der Waals surface area contributed by atoms with Crippen molar-refractivity contribution in [1.82, 2.24) is 0 Å². The van der Waals surface area contributed by atoms with E-state index in [0.717, 1.165) is 12.0 Å². The normalized spacial score (nSPS) is 23.7. The van der Waals surface area contributed by atoms with Gasteiger partial charge in [-0.2, -0.15) is 0 Å². The van der Waals surface area contributed by atoms with E-state index in [9.17, 15) is 15.0 Å². The van der Waals surface area contributed by atoms with Gasteiger partial charge in [0.1, 0.15) is 0 Å². The maximum atomic E-state index is 11.6. The Kier molecular flexibility index (Phi) is 3.92. The molecule has 3 nitrogen and oxygen atoms in total. The summed E-state index contributed by atoms with van der Waals surface area (Å²) in [7, 11) is 0. The number of carboxylic acid groups (broad SMARTS) is 1. The van der Waals surface area contributed by atoms with Crippen molar-refractivity contribution in [3.63, 3.8) is 0 Å². The van der Waals surface area contributed by atoms with Crippen molar-refractivity contribution in [1.29, 1.82) is 0 Å². The fraction of sp³-hybridized carbons (Fsp3) is 0.588. The van der Waals surface area contributed by atoms with Crippen LogP contribution in [0.4, 0.5) is 0 Å². The third-order valence-corrected chi connectivity index (χ3v) is 4.70. The van der Waals surface area contributed by atoms with Gasteiger partial charge in [-0.15, -0.1) is 0 Å². The Bertz CT molecular complexity index is 507. The first-order chi connectivity index (χ1) is 9.33. The average Bonchev–Trinajstić information content (AvgIpc) is 2.39. The summed E-state index contributed by atoms with van der Waals surface area (Å²) in [6, 6.07) is 7.96. The number of hydrogen-bond acceptors (Lipinski definition) is 2. The maximum absolute atomic E-state index is 11.6. The zero-order chi connectivity index (χ0) is 15.0. The molecule has 0 heterocycles. The average molecular weight is 276 g/mol. The Labute approximate surface area is 120 Å². The molecule has 1 aromatic rings. The summed E-state index contributed by atoms with van der Waals surface area (Å²) in [5, 5.41) is 20.3. The van der Waals surface area contributed by atoms with Gasteiger partial charge in [-0.05, 0) is 35.8 Å². The summed E-state index contributed by atoms with van der Waals surface area (Å²) in [6.45, 7) is 6.27. The molecule has 0 saturated heterocycles. The second-order valence-electron chi connectivity index (χ2n) is 6.54. The largest absolute Gasteiger partial charge is 0.479 e. The van der Waals surface area contributed by atoms with Gasteiger partial charge in [-0.3, -0.25) is 0 Å². The van der Waals surface area contributed by atoms with E-state index in [-0.39, 0.29) is 11.3 Å². The molecule has 110 valence electrons. The molecule has 0 amide bonds. The molecule has 1 aliphatic rings. The molecule has 0 aromatic heterocycles. The molecule has 20 heavy (non-hydrogen) atoms. The Balaban J connectivity index is 2.51. The van der Waals surface area contributed by atoms with E-state index in [1.165, 1.54) is 5.56 Å². The van der Waals surface area contributed by atoms with E-state index in [1.807, 2.05) is 25.1 Å². The summed E-state index contributed by atoms with van der Waals surface area (Å²) in [5.74, 6) is -1.41. The lowest BCUT2D eigenvalue weighted by atomic mass is 9.64. The molecule has 2 N–H and O–H groups in total. The van der Waals surface area contributed by atoms with Crippen molar-refractivity contribution in [3.8, 4) is 0 Å². The number of aliphatic hydroxyl groups is 1. The molecule has 1 aromatic carbocycles. The Morgan fingerprint density at radius 1 is 1.40 bits per heavy atom. The van der Waals surface area contributed by atoms with E-state index in [1.54, 1.807) is 0 Å². The molecule has 0 radical (unpaired) electrons. The van der Waals surface area contributed by atoms with Crippen LogP contribution in [0.25, 0.3) is 0 Å². The molecule has 0 fully saturated rings. The number of fused-ring (bicyclic) bond motifs is 1. The highest BCUT2D eigenvalue weighted by Crippen LogP contribution is 2.47. The monoisotopic (exact) mass is 276 g/mol. The van der Waals surface area contributed by atoms with Crippen molar-refractivity contribution in [2.75, 3.05) is 0 Å². The first-order valence-corrected chi connectivity index (χ1v) is 7.38. The maximum Gasteiger partial charge on any atom is 0.336 e. The summed E-state index contributed by atoms with van der Waals surface area (Å²) >= 11 is 0. The summed E-state index contributed by atoms with van der Waals surface area (Å²) in [5.41, 5.74) is 0.564. The van der Waals surface area contributed by atoms with Gasteiger partial charge in [-0.1, -0.05) is 51.5 Å². The van der Waals surface area contributed by atoms with Crippen LogP contribution >= 0.6 is 0 Å². The molecule has 0 saturated carbocycles. The lowest BCUT2D eigenvalue weighted by Gasteiger charge is -2.42. The Morgan fingerprint density at radius 2 is 2.05 bits per heavy atom. The highest BCUT2D eigenvalue weighted by Gasteiger charge is 2.47. The van der Waals surface area contributed by atoms with Crippen molar-refractivity contribution in [3.05, 3.63) is 35.4 Å². The van der Waals surface area contributed by atoms with Crippen molar-refractivity contribution < 1.29 is 15.0 Å². The fourth-order valence-electron chi connectivity index (χ4n) is 3.52. The molecule has 0 bridgehead atoms. The van der Waals surface area contributed by atoms with Gasteiger partial charge in [0.15, 0.2) is 5.60 Å². The molecule has 0 spiro atoms. The quantitative estimate of drug-likeness (QED) is 0.885. The van der Waals surface area contributed by atoms with Gasteiger partial charge >= 0.3 is 5.97 Å².